The number of guanidine groups is 1. The Morgan fingerprint density at radius 1 is 1.21 bits per heavy atom. The van der Waals surface area contributed by atoms with Crippen LogP contribution < -0.4 is 15.5 Å². The van der Waals surface area contributed by atoms with Gasteiger partial charge in [-0.1, -0.05) is 0 Å². The molecular weight excluding hydrogens is 497 g/mol. The summed E-state index contributed by atoms with van der Waals surface area (Å²) >= 11 is 1.84. The summed E-state index contributed by atoms with van der Waals surface area (Å²) in [6.45, 7) is 10.5. The van der Waals surface area contributed by atoms with Gasteiger partial charge in [0, 0.05) is 45.9 Å². The minimum atomic E-state index is 0. The maximum Gasteiger partial charge on any atom is 0.191 e. The molecule has 0 saturated carbocycles. The van der Waals surface area contributed by atoms with Gasteiger partial charge in [0.2, 0.25) is 0 Å². The SMILES string of the molecule is CCNC(=NCC1CCN(CCOC)CC1)NC1CCN(c2cccs2)CC1.I. The fourth-order valence-corrected chi connectivity index (χ4v) is 4.83. The minimum Gasteiger partial charge on any atom is -0.383 e. The summed E-state index contributed by atoms with van der Waals surface area (Å²) in [5, 5.41) is 10.7. The molecule has 8 heteroatoms. The molecule has 6 nitrogen and oxygen atoms in total. The number of hydrogen-bond donors (Lipinski definition) is 2. The number of rotatable bonds is 8. The van der Waals surface area contributed by atoms with Crippen molar-refractivity contribution < 1.29 is 4.74 Å². The molecule has 2 fully saturated rings. The van der Waals surface area contributed by atoms with Crippen LogP contribution in [0.25, 0.3) is 0 Å². The number of likely N-dealkylation sites (tertiary alicyclic amines) is 1. The van der Waals surface area contributed by atoms with E-state index in [-0.39, 0.29) is 24.0 Å². The Kier molecular flexibility index (Phi) is 11.6. The van der Waals surface area contributed by atoms with Crippen LogP contribution in [0.4, 0.5) is 5.00 Å². The molecule has 0 amide bonds. The third-order valence-corrected chi connectivity index (χ3v) is 6.75. The van der Waals surface area contributed by atoms with Crippen LogP contribution in [-0.2, 0) is 4.74 Å². The predicted octanol–water partition coefficient (Wildman–Crippen LogP) is 3.25. The largest absolute Gasteiger partial charge is 0.383 e. The molecule has 0 radical (unpaired) electrons. The second kappa shape index (κ2) is 13.7. The molecule has 2 N–H and O–H groups in total. The third kappa shape index (κ3) is 8.22. The molecular formula is C21H38IN5OS. The molecule has 0 spiro atoms. The summed E-state index contributed by atoms with van der Waals surface area (Å²) in [6, 6.07) is 4.89. The van der Waals surface area contributed by atoms with Crippen molar-refractivity contribution in [2.45, 2.75) is 38.6 Å². The first-order chi connectivity index (χ1) is 13.8. The molecule has 1 aromatic rings. The maximum absolute atomic E-state index is 5.19. The summed E-state index contributed by atoms with van der Waals surface area (Å²) in [5.41, 5.74) is 0. The van der Waals surface area contributed by atoms with Crippen molar-refractivity contribution in [1.82, 2.24) is 15.5 Å². The van der Waals surface area contributed by atoms with E-state index < -0.39 is 0 Å². The average molecular weight is 536 g/mol. The minimum absolute atomic E-state index is 0. The smallest absolute Gasteiger partial charge is 0.191 e. The highest BCUT2D eigenvalue weighted by Gasteiger charge is 2.22. The summed E-state index contributed by atoms with van der Waals surface area (Å²) < 4.78 is 5.19. The fourth-order valence-electron chi connectivity index (χ4n) is 4.04. The lowest BCUT2D eigenvalue weighted by molar-refractivity contribution is 0.121. The number of aliphatic imine (C=N–C) groups is 1. The molecule has 0 aromatic carbocycles. The van der Waals surface area contributed by atoms with Crippen molar-refractivity contribution in [3.05, 3.63) is 17.5 Å². The van der Waals surface area contributed by atoms with Gasteiger partial charge in [0.25, 0.3) is 0 Å². The lowest BCUT2D eigenvalue weighted by Gasteiger charge is -2.34. The maximum atomic E-state index is 5.19. The van der Waals surface area contributed by atoms with Gasteiger partial charge in [0.1, 0.15) is 0 Å². The topological polar surface area (TPSA) is 52.1 Å². The molecule has 0 atom stereocenters. The number of nitrogens with zero attached hydrogens (tertiary/aromatic N) is 3. The number of methoxy groups -OCH3 is 1. The monoisotopic (exact) mass is 535 g/mol. The predicted molar refractivity (Wildman–Crippen MR) is 135 cm³/mol. The number of ether oxygens (including phenoxy) is 1. The molecule has 2 aliphatic rings. The van der Waals surface area contributed by atoms with E-state index in [2.05, 4.69) is 44.9 Å². The van der Waals surface area contributed by atoms with E-state index in [1.807, 2.05) is 11.3 Å². The Hall–Kier alpha value is -0.580. The van der Waals surface area contributed by atoms with Gasteiger partial charge in [-0.3, -0.25) is 4.99 Å². The molecule has 0 aliphatic carbocycles. The van der Waals surface area contributed by atoms with Crippen LogP contribution in [0.5, 0.6) is 0 Å². The van der Waals surface area contributed by atoms with Gasteiger partial charge in [0.15, 0.2) is 5.96 Å². The highest BCUT2D eigenvalue weighted by molar-refractivity contribution is 14.0. The summed E-state index contributed by atoms with van der Waals surface area (Å²) in [7, 11) is 1.78. The Bertz CT molecular complexity index is 570. The molecule has 3 heterocycles. The van der Waals surface area contributed by atoms with Crippen LogP contribution >= 0.6 is 35.3 Å². The highest BCUT2D eigenvalue weighted by Crippen LogP contribution is 2.24. The summed E-state index contributed by atoms with van der Waals surface area (Å²) in [6.07, 6.45) is 4.82. The first-order valence-corrected chi connectivity index (χ1v) is 11.7. The number of piperidine rings is 2. The van der Waals surface area contributed by atoms with Crippen LogP contribution in [0.3, 0.4) is 0 Å². The van der Waals surface area contributed by atoms with Crippen molar-refractivity contribution in [2.75, 3.05) is 64.4 Å². The van der Waals surface area contributed by atoms with Gasteiger partial charge in [0.05, 0.1) is 11.6 Å². The van der Waals surface area contributed by atoms with E-state index in [4.69, 9.17) is 9.73 Å². The first kappa shape index (κ1) is 24.7. The molecule has 3 rings (SSSR count). The first-order valence-electron chi connectivity index (χ1n) is 10.8. The van der Waals surface area contributed by atoms with E-state index in [1.54, 1.807) is 7.11 Å². The second-order valence-corrected chi connectivity index (χ2v) is 8.78. The van der Waals surface area contributed by atoms with Crippen LogP contribution in [0, 0.1) is 5.92 Å². The van der Waals surface area contributed by atoms with E-state index in [9.17, 15) is 0 Å². The molecule has 166 valence electrons. The van der Waals surface area contributed by atoms with E-state index >= 15 is 0 Å². The van der Waals surface area contributed by atoms with Crippen molar-refractivity contribution in [1.29, 1.82) is 0 Å². The number of hydrogen-bond acceptors (Lipinski definition) is 5. The van der Waals surface area contributed by atoms with Crippen molar-refractivity contribution in [3.63, 3.8) is 0 Å². The highest BCUT2D eigenvalue weighted by atomic mass is 127. The molecule has 0 unspecified atom stereocenters. The molecule has 2 aliphatic heterocycles. The van der Waals surface area contributed by atoms with Gasteiger partial charge in [-0.05, 0) is 69.1 Å². The average Bonchev–Trinajstić information content (AvgIpc) is 3.27. The normalized spacial score (nSPS) is 19.8. The zero-order valence-electron chi connectivity index (χ0n) is 17.9. The van der Waals surface area contributed by atoms with Crippen molar-refractivity contribution in [3.8, 4) is 0 Å². The molecule has 2 saturated heterocycles. The van der Waals surface area contributed by atoms with E-state index in [1.165, 1.54) is 43.8 Å². The van der Waals surface area contributed by atoms with Crippen LogP contribution in [0.15, 0.2) is 22.5 Å². The van der Waals surface area contributed by atoms with Crippen molar-refractivity contribution >= 4 is 46.3 Å². The van der Waals surface area contributed by atoms with E-state index in [0.717, 1.165) is 45.3 Å². The number of nitrogens with one attached hydrogen (secondary N) is 2. The zero-order valence-corrected chi connectivity index (χ0v) is 21.1. The van der Waals surface area contributed by atoms with Crippen molar-refractivity contribution in [2.24, 2.45) is 10.9 Å². The standard InChI is InChI=1S/C21H37N5OS.HI/c1-3-22-21(23-17-18-6-10-25(11-7-18)14-15-27-2)24-19-8-12-26(13-9-19)20-5-4-16-28-20;/h4-5,16,18-19H,3,6-15,17H2,1-2H3,(H2,22,23,24);1H. The molecule has 0 bridgehead atoms. The second-order valence-electron chi connectivity index (χ2n) is 7.85. The quantitative estimate of drug-likeness (QED) is 0.304. The van der Waals surface area contributed by atoms with Crippen LogP contribution in [-0.4, -0.2) is 76.4 Å². The number of anilines is 1. The molecule has 29 heavy (non-hydrogen) atoms. The summed E-state index contributed by atoms with van der Waals surface area (Å²) in [4.78, 5) is 9.94. The van der Waals surface area contributed by atoms with E-state index in [0.29, 0.717) is 12.0 Å². The molecule has 1 aromatic heterocycles. The van der Waals surface area contributed by atoms with Gasteiger partial charge >= 0.3 is 0 Å². The Morgan fingerprint density at radius 3 is 2.59 bits per heavy atom. The van der Waals surface area contributed by atoms with Gasteiger partial charge in [-0.2, -0.15) is 0 Å². The van der Waals surface area contributed by atoms with Gasteiger partial charge < -0.3 is 25.2 Å². The fraction of sp³-hybridized carbons (Fsp3) is 0.762. The Labute approximate surface area is 197 Å². The van der Waals surface area contributed by atoms with Crippen LogP contribution in [0.2, 0.25) is 0 Å². The Balaban J connectivity index is 0.00000300. The Morgan fingerprint density at radius 2 is 1.97 bits per heavy atom. The number of thiophene rings is 1. The summed E-state index contributed by atoms with van der Waals surface area (Å²) in [5.74, 6) is 1.70. The lowest BCUT2D eigenvalue weighted by atomic mass is 9.97. The third-order valence-electron chi connectivity index (χ3n) is 5.82. The number of halogens is 1. The zero-order chi connectivity index (χ0) is 19.6. The lowest BCUT2D eigenvalue weighted by Crippen LogP contribution is -2.49. The van der Waals surface area contributed by atoms with Crippen LogP contribution in [0.1, 0.15) is 32.6 Å². The van der Waals surface area contributed by atoms with Gasteiger partial charge in [-0.25, -0.2) is 0 Å². The van der Waals surface area contributed by atoms with Gasteiger partial charge in [-0.15, -0.1) is 35.3 Å².